The van der Waals surface area contributed by atoms with Gasteiger partial charge in [0.1, 0.15) is 11.2 Å². The number of aromatic nitrogens is 2. The number of nitrogens with zero attached hydrogens (tertiary/aromatic N) is 2. The van der Waals surface area contributed by atoms with Gasteiger partial charge in [0.2, 0.25) is 0 Å². The van der Waals surface area contributed by atoms with Crippen LogP contribution in [0.1, 0.15) is 0 Å². The average molecular weight is 217 g/mol. The number of anilines is 1. The molecule has 4 nitrogen and oxygen atoms in total. The van der Waals surface area contributed by atoms with Crippen molar-refractivity contribution in [3.05, 3.63) is 28.0 Å². The van der Waals surface area contributed by atoms with Gasteiger partial charge in [-0.25, -0.2) is 9.49 Å². The molecule has 0 aliphatic carbocycles. The molecule has 2 heterocycles. The van der Waals surface area contributed by atoms with Crippen LogP contribution in [-0.2, 0) is 0 Å². The summed E-state index contributed by atoms with van der Waals surface area (Å²) in [5, 5.41) is 5.88. The Morgan fingerprint density at radius 1 is 1.71 bits per heavy atom. The molecule has 1 radical (unpaired) electrons. The highest BCUT2D eigenvalue weighted by Gasteiger charge is 2.24. The van der Waals surface area contributed by atoms with Gasteiger partial charge >= 0.3 is 0 Å². The van der Waals surface area contributed by atoms with Crippen molar-refractivity contribution in [1.29, 1.82) is 0 Å². The molecule has 1 aromatic rings. The van der Waals surface area contributed by atoms with Gasteiger partial charge in [0.25, 0.3) is 5.56 Å². The zero-order valence-corrected chi connectivity index (χ0v) is 7.96. The maximum Gasteiger partial charge on any atom is 0.285 e. The van der Waals surface area contributed by atoms with Gasteiger partial charge in [0, 0.05) is 19.5 Å². The topological polar surface area (TPSA) is 49.0 Å². The Morgan fingerprint density at radius 3 is 3.14 bits per heavy atom. The molecule has 0 spiro atoms. The van der Waals surface area contributed by atoms with Crippen LogP contribution in [0.4, 0.5) is 10.1 Å². The summed E-state index contributed by atoms with van der Waals surface area (Å²) in [5.41, 5.74) is 0.0262. The summed E-state index contributed by atoms with van der Waals surface area (Å²) >= 11 is 5.76. The molecule has 75 valence electrons. The number of aromatic amines is 1. The maximum absolute atomic E-state index is 12.8. The van der Waals surface area contributed by atoms with Gasteiger partial charge < -0.3 is 4.90 Å². The number of hydrogen-bond donors (Lipinski definition) is 1. The highest BCUT2D eigenvalue weighted by Crippen LogP contribution is 2.24. The normalized spacial score (nSPS) is 21.6. The fraction of sp³-hybridized carbons (Fsp3) is 0.375. The van der Waals surface area contributed by atoms with Crippen LogP contribution < -0.4 is 10.5 Å². The van der Waals surface area contributed by atoms with Crippen LogP contribution in [0.2, 0.25) is 5.02 Å². The number of rotatable bonds is 1. The van der Waals surface area contributed by atoms with E-state index in [-0.39, 0.29) is 11.6 Å². The van der Waals surface area contributed by atoms with E-state index in [9.17, 15) is 9.18 Å². The predicted molar refractivity (Wildman–Crippen MR) is 51.3 cm³/mol. The monoisotopic (exact) mass is 216 g/mol. The Morgan fingerprint density at radius 2 is 2.50 bits per heavy atom. The van der Waals surface area contributed by atoms with Crippen LogP contribution in [-0.4, -0.2) is 29.5 Å². The van der Waals surface area contributed by atoms with Crippen molar-refractivity contribution < 1.29 is 4.39 Å². The molecule has 0 aromatic carbocycles. The molecule has 0 bridgehead atoms. The van der Waals surface area contributed by atoms with Crippen molar-refractivity contribution in [2.24, 2.45) is 0 Å². The Balaban J connectivity index is 2.33. The number of alkyl halides is 1. The van der Waals surface area contributed by atoms with Gasteiger partial charge in [0.15, 0.2) is 0 Å². The third-order valence-corrected chi connectivity index (χ3v) is 2.46. The summed E-state index contributed by atoms with van der Waals surface area (Å²) in [6.45, 7) is 0.677. The second kappa shape index (κ2) is 3.57. The van der Waals surface area contributed by atoms with Crippen molar-refractivity contribution in [3.8, 4) is 0 Å². The molecule has 0 unspecified atom stereocenters. The minimum absolute atomic E-state index is 0.0579. The molecule has 1 aromatic heterocycles. The first-order valence-corrected chi connectivity index (χ1v) is 4.52. The fourth-order valence-electron chi connectivity index (χ4n) is 1.39. The molecule has 1 N–H and O–H groups in total. The number of nitrogens with one attached hydrogen (secondary N) is 1. The van der Waals surface area contributed by atoms with Gasteiger partial charge in [-0.15, -0.1) is 0 Å². The van der Waals surface area contributed by atoms with Gasteiger partial charge in [-0.05, 0) is 0 Å². The van der Waals surface area contributed by atoms with Crippen molar-refractivity contribution in [1.82, 2.24) is 10.2 Å². The van der Waals surface area contributed by atoms with E-state index in [4.69, 9.17) is 11.6 Å². The van der Waals surface area contributed by atoms with Crippen LogP contribution in [0.3, 0.4) is 0 Å². The van der Waals surface area contributed by atoms with Crippen molar-refractivity contribution in [2.45, 2.75) is 6.17 Å². The zero-order valence-electron chi connectivity index (χ0n) is 7.20. The molecule has 0 saturated carbocycles. The van der Waals surface area contributed by atoms with Crippen LogP contribution in [0.15, 0.2) is 11.0 Å². The summed E-state index contributed by atoms with van der Waals surface area (Å²) in [7, 11) is 0. The summed E-state index contributed by atoms with van der Waals surface area (Å²) in [6.07, 6.45) is 1.98. The van der Waals surface area contributed by atoms with Crippen LogP contribution in [0, 0.1) is 6.42 Å². The van der Waals surface area contributed by atoms with Crippen LogP contribution >= 0.6 is 11.6 Å². The maximum atomic E-state index is 12.8. The average Bonchev–Trinajstić information content (AvgIpc) is 2.57. The third-order valence-electron chi connectivity index (χ3n) is 2.09. The number of halogens is 2. The van der Waals surface area contributed by atoms with E-state index in [2.05, 4.69) is 10.2 Å². The molecule has 1 atom stereocenters. The highest BCUT2D eigenvalue weighted by atomic mass is 35.5. The molecule has 14 heavy (non-hydrogen) atoms. The summed E-state index contributed by atoms with van der Waals surface area (Å²) in [5.74, 6) is 0. The lowest BCUT2D eigenvalue weighted by Crippen LogP contribution is -2.23. The van der Waals surface area contributed by atoms with E-state index in [1.165, 1.54) is 12.6 Å². The Hall–Kier alpha value is -1.10. The SMILES string of the molecule is O=c1[nH]ncc(N2C[CH][C@@H](F)C2)c1Cl. The molecule has 2 rings (SSSR count). The molecule has 1 saturated heterocycles. The molecule has 1 fully saturated rings. The first kappa shape index (κ1) is 9.45. The zero-order chi connectivity index (χ0) is 10.1. The largest absolute Gasteiger partial charge is 0.366 e. The number of H-pyrrole nitrogens is 1. The van der Waals surface area contributed by atoms with Gasteiger partial charge in [-0.1, -0.05) is 11.6 Å². The minimum Gasteiger partial charge on any atom is -0.366 e. The Labute approximate surface area is 84.7 Å². The molecular formula is C8H8ClFN3O. The second-order valence-corrected chi connectivity index (χ2v) is 3.43. The summed E-state index contributed by atoms with van der Waals surface area (Å²) in [4.78, 5) is 12.8. The van der Waals surface area contributed by atoms with Crippen molar-refractivity contribution in [2.75, 3.05) is 18.0 Å². The number of hydrogen-bond acceptors (Lipinski definition) is 3. The van der Waals surface area contributed by atoms with E-state index in [0.717, 1.165) is 0 Å². The van der Waals surface area contributed by atoms with Crippen LogP contribution in [0.25, 0.3) is 0 Å². The van der Waals surface area contributed by atoms with E-state index < -0.39 is 11.7 Å². The van der Waals surface area contributed by atoms with Crippen molar-refractivity contribution >= 4 is 17.3 Å². The molecule has 1 aliphatic heterocycles. The first-order chi connectivity index (χ1) is 6.68. The Bertz CT molecular complexity index is 394. The Kier molecular flexibility index (Phi) is 2.41. The van der Waals surface area contributed by atoms with Crippen molar-refractivity contribution in [3.63, 3.8) is 0 Å². The first-order valence-electron chi connectivity index (χ1n) is 4.14. The van der Waals surface area contributed by atoms with Gasteiger partial charge in [-0.2, -0.15) is 5.10 Å². The molecule has 1 aliphatic rings. The smallest absolute Gasteiger partial charge is 0.285 e. The third kappa shape index (κ3) is 1.59. The van der Waals surface area contributed by atoms with E-state index in [1.54, 1.807) is 4.90 Å². The lowest BCUT2D eigenvalue weighted by Gasteiger charge is -2.17. The summed E-state index contributed by atoms with van der Waals surface area (Å²) < 4.78 is 12.8. The fourth-order valence-corrected chi connectivity index (χ4v) is 1.60. The van der Waals surface area contributed by atoms with E-state index >= 15 is 0 Å². The van der Waals surface area contributed by atoms with Crippen LogP contribution in [0.5, 0.6) is 0 Å². The summed E-state index contributed by atoms with van der Waals surface area (Å²) in [6, 6.07) is 0. The quantitative estimate of drug-likeness (QED) is 0.755. The van der Waals surface area contributed by atoms with E-state index in [0.29, 0.717) is 12.2 Å². The lowest BCUT2D eigenvalue weighted by molar-refractivity contribution is 0.409. The highest BCUT2D eigenvalue weighted by molar-refractivity contribution is 6.33. The predicted octanol–water partition coefficient (Wildman–Crippen LogP) is 0.786. The minimum atomic E-state index is -0.967. The molecule has 6 heteroatoms. The standard InChI is InChI=1S/C8H8ClFN3O/c9-7-6(3-11-12-8(7)14)13-2-1-5(10)4-13/h1,3,5H,2,4H2,(H,12,14)/t5-/m1/s1. The van der Waals surface area contributed by atoms with Gasteiger partial charge in [0.05, 0.1) is 11.9 Å². The lowest BCUT2D eigenvalue weighted by atomic mass is 10.3. The molecular weight excluding hydrogens is 209 g/mol. The second-order valence-electron chi connectivity index (χ2n) is 3.06. The van der Waals surface area contributed by atoms with Gasteiger partial charge in [-0.3, -0.25) is 4.79 Å². The molecule has 0 amide bonds. The van der Waals surface area contributed by atoms with E-state index in [1.807, 2.05) is 0 Å².